The van der Waals surface area contributed by atoms with E-state index in [-0.39, 0.29) is 6.10 Å². The van der Waals surface area contributed by atoms with Gasteiger partial charge in [0.2, 0.25) is 0 Å². The molecule has 1 aliphatic rings. The van der Waals surface area contributed by atoms with Crippen LogP contribution in [0, 0.1) is 0 Å². The van der Waals surface area contributed by atoms with Gasteiger partial charge >= 0.3 is 0 Å². The van der Waals surface area contributed by atoms with Gasteiger partial charge in [-0.3, -0.25) is 20.4 Å². The first-order valence-electron chi connectivity index (χ1n) is 7.30. The van der Waals surface area contributed by atoms with Crippen LogP contribution in [0.4, 0.5) is 0 Å². The third kappa shape index (κ3) is 5.46. The molecule has 0 bridgehead atoms. The lowest BCUT2D eigenvalue weighted by molar-refractivity contribution is -0.297. The van der Waals surface area contributed by atoms with Crippen molar-refractivity contribution in [1.29, 1.82) is 0 Å². The molecule has 0 saturated heterocycles. The highest BCUT2D eigenvalue weighted by Gasteiger charge is 2.16. The molecule has 0 aliphatic heterocycles. The fourth-order valence-corrected chi connectivity index (χ4v) is 2.26. The molecule has 0 atom stereocenters. The first kappa shape index (κ1) is 16.5. The number of ether oxygens (including phenoxy) is 1. The number of aliphatic carboxylic acids is 1. The van der Waals surface area contributed by atoms with Crippen molar-refractivity contribution in [3.8, 4) is 5.75 Å². The van der Waals surface area contributed by atoms with E-state index in [1.54, 1.807) is 24.3 Å². The van der Waals surface area contributed by atoms with Crippen LogP contribution in [-0.2, 0) is 9.59 Å². The topological polar surface area (TPSA) is 108 Å². The zero-order valence-electron chi connectivity index (χ0n) is 12.4. The maximum Gasteiger partial charge on any atom is 0.269 e. The van der Waals surface area contributed by atoms with Gasteiger partial charge in [-0.1, -0.05) is 0 Å². The first-order chi connectivity index (χ1) is 11.0. The van der Waals surface area contributed by atoms with E-state index in [1.165, 1.54) is 12.8 Å². The van der Waals surface area contributed by atoms with Gasteiger partial charge in [0.15, 0.2) is 0 Å². The van der Waals surface area contributed by atoms with Crippen LogP contribution in [-0.4, -0.2) is 23.9 Å². The molecule has 2 amide bonds. The second kappa shape index (κ2) is 7.98. The molecule has 0 heterocycles. The molecule has 0 radical (unpaired) electrons. The number of hydrogen-bond donors (Lipinski definition) is 2. The second-order valence-corrected chi connectivity index (χ2v) is 5.14. The monoisotopic (exact) mass is 317 g/mol. The molecule has 1 aliphatic carbocycles. The summed E-state index contributed by atoms with van der Waals surface area (Å²) in [6, 6.07) is 6.57. The van der Waals surface area contributed by atoms with Crippen molar-refractivity contribution in [1.82, 2.24) is 10.9 Å². The quantitative estimate of drug-likeness (QED) is 0.590. The Morgan fingerprint density at radius 1 is 1.04 bits per heavy atom. The lowest BCUT2D eigenvalue weighted by Gasteiger charge is -2.13. The predicted molar refractivity (Wildman–Crippen MR) is 79.1 cm³/mol. The average molecular weight is 317 g/mol. The summed E-state index contributed by atoms with van der Waals surface area (Å²) in [5, 5.41) is 10.1. The zero-order valence-corrected chi connectivity index (χ0v) is 12.4. The molecular formula is C16H17N2O5-. The highest BCUT2D eigenvalue weighted by Crippen LogP contribution is 2.24. The molecule has 2 rings (SSSR count). The highest BCUT2D eigenvalue weighted by atomic mass is 16.5. The number of benzene rings is 1. The summed E-state index contributed by atoms with van der Waals surface area (Å²) in [7, 11) is 0. The van der Waals surface area contributed by atoms with E-state index in [0.717, 1.165) is 18.9 Å². The number of carbonyl (C=O) groups is 3. The van der Waals surface area contributed by atoms with Crippen molar-refractivity contribution < 1.29 is 24.2 Å². The van der Waals surface area contributed by atoms with Gasteiger partial charge in [-0.25, -0.2) is 0 Å². The summed E-state index contributed by atoms with van der Waals surface area (Å²) < 4.78 is 5.79. The van der Waals surface area contributed by atoms with Gasteiger partial charge < -0.3 is 14.6 Å². The summed E-state index contributed by atoms with van der Waals surface area (Å²) >= 11 is 0. The molecular weight excluding hydrogens is 300 g/mol. The minimum atomic E-state index is -1.50. The number of carboxylic acids is 1. The smallest absolute Gasteiger partial charge is 0.269 e. The maximum absolute atomic E-state index is 11.8. The van der Waals surface area contributed by atoms with Crippen molar-refractivity contribution in [2.75, 3.05) is 0 Å². The van der Waals surface area contributed by atoms with E-state index in [1.807, 2.05) is 0 Å². The van der Waals surface area contributed by atoms with Gasteiger partial charge in [0.25, 0.3) is 11.8 Å². The second-order valence-electron chi connectivity index (χ2n) is 5.14. The van der Waals surface area contributed by atoms with Crippen LogP contribution in [0.15, 0.2) is 36.4 Å². The van der Waals surface area contributed by atoms with Crippen molar-refractivity contribution >= 4 is 17.8 Å². The van der Waals surface area contributed by atoms with E-state index in [2.05, 4.69) is 10.9 Å². The van der Waals surface area contributed by atoms with Crippen LogP contribution in [0.5, 0.6) is 5.75 Å². The number of hydrogen-bond acceptors (Lipinski definition) is 5. The molecule has 1 fully saturated rings. The van der Waals surface area contributed by atoms with Gasteiger partial charge in [-0.05, 0) is 56.0 Å². The summed E-state index contributed by atoms with van der Waals surface area (Å²) in [4.78, 5) is 33.2. The molecule has 23 heavy (non-hydrogen) atoms. The van der Waals surface area contributed by atoms with Crippen LogP contribution in [0.2, 0.25) is 0 Å². The number of nitrogens with one attached hydrogen (secondary N) is 2. The minimum Gasteiger partial charge on any atom is -0.545 e. The van der Waals surface area contributed by atoms with Crippen LogP contribution in [0.1, 0.15) is 36.0 Å². The fourth-order valence-electron chi connectivity index (χ4n) is 2.26. The van der Waals surface area contributed by atoms with Crippen LogP contribution in [0.25, 0.3) is 0 Å². The van der Waals surface area contributed by atoms with Crippen LogP contribution >= 0.6 is 0 Å². The summed E-state index contributed by atoms with van der Waals surface area (Å²) in [5.41, 5.74) is 4.57. The number of rotatable bonds is 5. The fraction of sp³-hybridized carbons (Fsp3) is 0.312. The largest absolute Gasteiger partial charge is 0.545 e. The van der Waals surface area contributed by atoms with Gasteiger partial charge in [0.1, 0.15) is 5.75 Å². The van der Waals surface area contributed by atoms with E-state index >= 15 is 0 Å². The van der Waals surface area contributed by atoms with E-state index in [4.69, 9.17) is 4.74 Å². The SMILES string of the molecule is O=C([O-])/C=C/C(=O)NNC(=O)c1ccc(OC2CCCC2)cc1. The Morgan fingerprint density at radius 3 is 2.30 bits per heavy atom. The number of carbonyl (C=O) groups excluding carboxylic acids is 3. The molecule has 0 unspecified atom stereocenters. The van der Waals surface area contributed by atoms with E-state index in [9.17, 15) is 19.5 Å². The first-order valence-corrected chi connectivity index (χ1v) is 7.30. The zero-order chi connectivity index (χ0) is 16.7. The van der Waals surface area contributed by atoms with Crippen molar-refractivity contribution in [3.05, 3.63) is 42.0 Å². The summed E-state index contributed by atoms with van der Waals surface area (Å²) in [5.74, 6) is -2.09. The van der Waals surface area contributed by atoms with Gasteiger partial charge in [-0.15, -0.1) is 0 Å². The Hall–Kier alpha value is -2.83. The summed E-state index contributed by atoms with van der Waals surface area (Å²) in [6.45, 7) is 0. The average Bonchev–Trinajstić information content (AvgIpc) is 3.04. The normalized spacial score (nSPS) is 14.6. The number of hydrazine groups is 1. The molecule has 1 aromatic carbocycles. The number of amides is 2. The Kier molecular flexibility index (Phi) is 5.74. The molecule has 0 aromatic heterocycles. The summed E-state index contributed by atoms with van der Waals surface area (Å²) in [6.07, 6.45) is 6.00. The Bertz CT molecular complexity index is 603. The Labute approximate surface area is 133 Å². The van der Waals surface area contributed by atoms with E-state index in [0.29, 0.717) is 17.4 Å². The predicted octanol–water partition coefficient (Wildman–Crippen LogP) is 0.0751. The number of carboxylic acid groups (broad SMARTS) is 1. The van der Waals surface area contributed by atoms with Crippen molar-refractivity contribution in [3.63, 3.8) is 0 Å². The maximum atomic E-state index is 11.8. The van der Waals surface area contributed by atoms with Gasteiger partial charge in [0.05, 0.1) is 12.1 Å². The lowest BCUT2D eigenvalue weighted by atomic mass is 10.2. The third-order valence-electron chi connectivity index (χ3n) is 3.39. The molecule has 1 saturated carbocycles. The van der Waals surface area contributed by atoms with E-state index < -0.39 is 17.8 Å². The van der Waals surface area contributed by atoms with Gasteiger partial charge in [0, 0.05) is 11.6 Å². The highest BCUT2D eigenvalue weighted by molar-refractivity contribution is 5.98. The van der Waals surface area contributed by atoms with Crippen molar-refractivity contribution in [2.24, 2.45) is 0 Å². The third-order valence-corrected chi connectivity index (χ3v) is 3.39. The molecule has 7 heteroatoms. The molecule has 122 valence electrons. The molecule has 0 spiro atoms. The molecule has 2 N–H and O–H groups in total. The Morgan fingerprint density at radius 2 is 1.70 bits per heavy atom. The molecule has 7 nitrogen and oxygen atoms in total. The minimum absolute atomic E-state index is 0.240. The standard InChI is InChI=1S/C16H18N2O5/c19-14(9-10-15(20)21)17-18-16(22)11-5-7-13(8-6-11)23-12-3-1-2-4-12/h5-10,12H,1-4H2,(H,17,19)(H,18,22)(H,20,21)/p-1/b10-9+. The molecule has 1 aromatic rings. The van der Waals surface area contributed by atoms with Crippen LogP contribution < -0.4 is 20.7 Å². The van der Waals surface area contributed by atoms with Gasteiger partial charge in [-0.2, -0.15) is 0 Å². The Balaban J connectivity index is 1.82. The van der Waals surface area contributed by atoms with Crippen LogP contribution in [0.3, 0.4) is 0 Å². The lowest BCUT2D eigenvalue weighted by Crippen LogP contribution is -2.41. The van der Waals surface area contributed by atoms with Crippen molar-refractivity contribution in [2.45, 2.75) is 31.8 Å².